The van der Waals surface area contributed by atoms with Gasteiger partial charge in [-0.2, -0.15) is 5.10 Å². The van der Waals surface area contributed by atoms with Crippen molar-refractivity contribution >= 4 is 52.0 Å². The lowest BCUT2D eigenvalue weighted by Crippen LogP contribution is -1.97. The molecule has 0 spiro atoms. The second-order valence-corrected chi connectivity index (χ2v) is 7.20. The molecule has 0 unspecified atom stereocenters. The maximum Gasteiger partial charge on any atom is 0.129 e. The molecule has 0 fully saturated rings. The molecule has 21 heavy (non-hydrogen) atoms. The Morgan fingerprint density at radius 3 is 2.38 bits per heavy atom. The smallest absolute Gasteiger partial charge is 0.129 e. The zero-order chi connectivity index (χ0) is 15.1. The minimum atomic E-state index is 0.561. The third kappa shape index (κ3) is 2.64. The summed E-state index contributed by atoms with van der Waals surface area (Å²) in [4.78, 5) is 0. The molecule has 2 N–H and O–H groups in total. The van der Waals surface area contributed by atoms with Gasteiger partial charge in [0, 0.05) is 17.6 Å². The summed E-state index contributed by atoms with van der Waals surface area (Å²) in [6.45, 7) is 0. The van der Waals surface area contributed by atoms with Gasteiger partial charge in [-0.25, -0.2) is 0 Å². The Kier molecular flexibility index (Phi) is 3.88. The summed E-state index contributed by atoms with van der Waals surface area (Å²) in [7, 11) is 1.79. The summed E-state index contributed by atoms with van der Waals surface area (Å²) in [5, 5.41) is 5.14. The van der Waals surface area contributed by atoms with Crippen molar-refractivity contribution in [2.45, 2.75) is 0 Å². The highest BCUT2D eigenvalue weighted by atomic mass is 35.5. The van der Waals surface area contributed by atoms with Gasteiger partial charge in [0.25, 0.3) is 0 Å². The van der Waals surface area contributed by atoms with Crippen molar-refractivity contribution in [3.63, 3.8) is 0 Å². The molecule has 1 aromatic carbocycles. The molecule has 0 aliphatic carbocycles. The second-order valence-electron chi connectivity index (χ2n) is 4.48. The summed E-state index contributed by atoms with van der Waals surface area (Å²) in [5.74, 6) is 0.561. The molecule has 0 atom stereocenters. The van der Waals surface area contributed by atoms with Gasteiger partial charge in [0.1, 0.15) is 15.8 Å². The molecule has 2 heterocycles. The largest absolute Gasteiger partial charge is 0.383 e. The minimum Gasteiger partial charge on any atom is -0.383 e. The fraction of sp³-hybridized carbons (Fsp3) is 0.0714. The average Bonchev–Trinajstić information content (AvgIpc) is 2.92. The number of anilines is 1. The average molecular weight is 359 g/mol. The number of nitrogen functional groups attached to an aromatic ring is 1. The SMILES string of the molecule is Cn1nc(-c2cc(Cl)sc2Cl)c(-c2ccc(Cl)cc2)c1N. The van der Waals surface area contributed by atoms with Crippen molar-refractivity contribution in [3.8, 4) is 22.4 Å². The summed E-state index contributed by atoms with van der Waals surface area (Å²) in [6.07, 6.45) is 0. The number of benzene rings is 1. The Labute approximate surface area is 140 Å². The highest BCUT2D eigenvalue weighted by Gasteiger charge is 2.20. The summed E-state index contributed by atoms with van der Waals surface area (Å²) < 4.78 is 2.83. The topological polar surface area (TPSA) is 43.8 Å². The van der Waals surface area contributed by atoms with E-state index in [4.69, 9.17) is 40.5 Å². The van der Waals surface area contributed by atoms with E-state index < -0.39 is 0 Å². The van der Waals surface area contributed by atoms with Crippen LogP contribution in [0.2, 0.25) is 13.7 Å². The number of aryl methyl sites for hydroxylation is 1. The van der Waals surface area contributed by atoms with Crippen LogP contribution in [0.15, 0.2) is 30.3 Å². The molecule has 2 aromatic heterocycles. The van der Waals surface area contributed by atoms with Gasteiger partial charge in [-0.05, 0) is 23.8 Å². The van der Waals surface area contributed by atoms with Crippen LogP contribution in [0.3, 0.4) is 0 Å². The molecule has 0 radical (unpaired) electrons. The first-order chi connectivity index (χ1) is 9.97. The van der Waals surface area contributed by atoms with Crippen LogP contribution in [0.4, 0.5) is 5.82 Å². The maximum absolute atomic E-state index is 6.25. The van der Waals surface area contributed by atoms with Gasteiger partial charge in [0.15, 0.2) is 0 Å². The third-order valence-electron chi connectivity index (χ3n) is 3.14. The Balaban J connectivity index is 2.25. The van der Waals surface area contributed by atoms with E-state index in [0.29, 0.717) is 25.2 Å². The van der Waals surface area contributed by atoms with Crippen molar-refractivity contribution < 1.29 is 0 Å². The highest BCUT2D eigenvalue weighted by molar-refractivity contribution is 7.20. The predicted octanol–water partition coefficient (Wildman–Crippen LogP) is 5.36. The van der Waals surface area contributed by atoms with Gasteiger partial charge in [-0.15, -0.1) is 11.3 Å². The van der Waals surface area contributed by atoms with E-state index in [-0.39, 0.29) is 0 Å². The van der Waals surface area contributed by atoms with Crippen LogP contribution in [-0.4, -0.2) is 9.78 Å². The van der Waals surface area contributed by atoms with E-state index in [0.717, 1.165) is 16.7 Å². The van der Waals surface area contributed by atoms with Crippen molar-refractivity contribution in [2.24, 2.45) is 7.05 Å². The lowest BCUT2D eigenvalue weighted by Gasteiger charge is -2.04. The lowest BCUT2D eigenvalue weighted by atomic mass is 10.0. The fourth-order valence-corrected chi connectivity index (χ4v) is 3.72. The quantitative estimate of drug-likeness (QED) is 0.670. The number of hydrogen-bond acceptors (Lipinski definition) is 3. The van der Waals surface area contributed by atoms with Crippen LogP contribution >= 0.6 is 46.1 Å². The third-order valence-corrected chi connectivity index (χ3v) is 4.88. The van der Waals surface area contributed by atoms with Gasteiger partial charge in [-0.3, -0.25) is 4.68 Å². The zero-order valence-corrected chi connectivity index (χ0v) is 14.0. The second kappa shape index (κ2) is 5.54. The Morgan fingerprint density at radius 1 is 1.14 bits per heavy atom. The van der Waals surface area contributed by atoms with Gasteiger partial charge in [-0.1, -0.05) is 46.9 Å². The van der Waals surface area contributed by atoms with E-state index in [1.54, 1.807) is 17.8 Å². The van der Waals surface area contributed by atoms with Crippen molar-refractivity contribution in [1.29, 1.82) is 0 Å². The molecule has 0 saturated heterocycles. The molecule has 3 aromatic rings. The number of rotatable bonds is 2. The van der Waals surface area contributed by atoms with Crippen LogP contribution < -0.4 is 5.73 Å². The molecule has 0 amide bonds. The zero-order valence-electron chi connectivity index (χ0n) is 10.9. The van der Waals surface area contributed by atoms with Crippen molar-refractivity contribution in [2.75, 3.05) is 5.73 Å². The first kappa shape index (κ1) is 14.7. The van der Waals surface area contributed by atoms with Crippen molar-refractivity contribution in [1.82, 2.24) is 9.78 Å². The number of halogens is 3. The minimum absolute atomic E-state index is 0.561. The van der Waals surface area contributed by atoms with Crippen LogP contribution in [0.5, 0.6) is 0 Å². The molecule has 108 valence electrons. The molecular weight excluding hydrogens is 349 g/mol. The molecule has 3 nitrogen and oxygen atoms in total. The van der Waals surface area contributed by atoms with Crippen molar-refractivity contribution in [3.05, 3.63) is 44.0 Å². The molecule has 0 aliphatic heterocycles. The van der Waals surface area contributed by atoms with Gasteiger partial charge < -0.3 is 5.73 Å². The number of nitrogens with zero attached hydrogens (tertiary/aromatic N) is 2. The highest BCUT2D eigenvalue weighted by Crippen LogP contribution is 2.43. The van der Waals surface area contributed by atoms with Gasteiger partial charge in [0.2, 0.25) is 0 Å². The first-order valence-electron chi connectivity index (χ1n) is 6.01. The fourth-order valence-electron chi connectivity index (χ4n) is 2.13. The first-order valence-corrected chi connectivity index (χ1v) is 7.96. The summed E-state index contributed by atoms with van der Waals surface area (Å²) >= 11 is 19.5. The van der Waals surface area contributed by atoms with Crippen LogP contribution in [0.25, 0.3) is 22.4 Å². The number of aromatic nitrogens is 2. The number of hydrogen-bond donors (Lipinski definition) is 1. The molecule has 0 bridgehead atoms. The number of nitrogens with two attached hydrogens (primary N) is 1. The Morgan fingerprint density at radius 2 is 1.81 bits per heavy atom. The number of thiophene rings is 1. The molecule has 7 heteroatoms. The van der Waals surface area contributed by atoms with Gasteiger partial charge >= 0.3 is 0 Å². The summed E-state index contributed by atoms with van der Waals surface area (Å²) in [6, 6.07) is 9.24. The van der Waals surface area contributed by atoms with E-state index in [1.807, 2.05) is 24.3 Å². The molecule has 0 aliphatic rings. The molecule has 3 rings (SSSR count). The van der Waals surface area contributed by atoms with E-state index in [9.17, 15) is 0 Å². The van der Waals surface area contributed by atoms with Gasteiger partial charge in [0.05, 0.1) is 9.90 Å². The normalized spacial score (nSPS) is 11.0. The monoisotopic (exact) mass is 357 g/mol. The van der Waals surface area contributed by atoms with Crippen LogP contribution in [0.1, 0.15) is 0 Å². The summed E-state index contributed by atoms with van der Waals surface area (Å²) in [5.41, 5.74) is 9.41. The lowest BCUT2D eigenvalue weighted by molar-refractivity contribution is 0.782. The maximum atomic E-state index is 6.25. The van der Waals surface area contributed by atoms with E-state index in [2.05, 4.69) is 5.10 Å². The predicted molar refractivity (Wildman–Crippen MR) is 91.4 cm³/mol. The molecule has 0 saturated carbocycles. The van der Waals surface area contributed by atoms with Crippen LogP contribution in [-0.2, 0) is 7.05 Å². The molecular formula is C14H10Cl3N3S. The van der Waals surface area contributed by atoms with E-state index in [1.165, 1.54) is 11.3 Å². The standard InChI is InChI=1S/C14H10Cl3N3S/c1-20-14(18)11(7-2-4-8(15)5-3-7)12(19-20)9-6-10(16)21-13(9)17/h2-6H,18H2,1H3. The van der Waals surface area contributed by atoms with E-state index >= 15 is 0 Å². The Hall–Kier alpha value is -1.20. The van der Waals surface area contributed by atoms with Crippen LogP contribution in [0, 0.1) is 0 Å². The Bertz CT molecular complexity index is 806.